The highest BCUT2D eigenvalue weighted by Gasteiger charge is 2.29. The van der Waals surface area contributed by atoms with Gasteiger partial charge in [0.05, 0.1) is 30.5 Å². The van der Waals surface area contributed by atoms with Gasteiger partial charge in [-0.3, -0.25) is 14.6 Å². The Morgan fingerprint density at radius 3 is 2.59 bits per heavy atom. The van der Waals surface area contributed by atoms with Crippen LogP contribution in [-0.4, -0.2) is 63.5 Å². The topological polar surface area (TPSA) is 122 Å². The van der Waals surface area contributed by atoms with Gasteiger partial charge in [0.25, 0.3) is 5.91 Å². The number of hydrogen-bond acceptors (Lipinski definition) is 7. The first-order chi connectivity index (χ1) is 15.3. The molecule has 168 valence electrons. The van der Waals surface area contributed by atoms with Gasteiger partial charge in [0.1, 0.15) is 11.3 Å². The Morgan fingerprint density at radius 2 is 1.91 bits per heavy atom. The fourth-order valence-corrected chi connectivity index (χ4v) is 3.89. The van der Waals surface area contributed by atoms with Gasteiger partial charge in [-0.2, -0.15) is 0 Å². The summed E-state index contributed by atoms with van der Waals surface area (Å²) in [6, 6.07) is 0. The molecule has 3 aromatic rings. The Morgan fingerprint density at radius 1 is 1.19 bits per heavy atom. The molecule has 12 heteroatoms. The van der Waals surface area contributed by atoms with Crippen LogP contribution in [0.15, 0.2) is 24.8 Å². The van der Waals surface area contributed by atoms with E-state index in [1.54, 1.807) is 23.9 Å². The summed E-state index contributed by atoms with van der Waals surface area (Å²) < 4.78 is 29.2. The van der Waals surface area contributed by atoms with Crippen LogP contribution in [0.4, 0.5) is 26.0 Å². The molecule has 0 aliphatic carbocycles. The summed E-state index contributed by atoms with van der Waals surface area (Å²) in [6.45, 7) is 0.876. The van der Waals surface area contributed by atoms with E-state index in [-0.39, 0.29) is 40.2 Å². The molecule has 0 spiro atoms. The molecular formula is C20H22F2N8O2. The molecule has 1 saturated heterocycles. The van der Waals surface area contributed by atoms with Gasteiger partial charge < -0.3 is 20.9 Å². The molecule has 0 atom stereocenters. The third kappa shape index (κ3) is 3.90. The van der Waals surface area contributed by atoms with Gasteiger partial charge in [0, 0.05) is 33.1 Å². The van der Waals surface area contributed by atoms with Crippen LogP contribution < -0.4 is 16.0 Å². The van der Waals surface area contributed by atoms with Gasteiger partial charge in [-0.1, -0.05) is 0 Å². The predicted molar refractivity (Wildman–Crippen MR) is 113 cm³/mol. The van der Waals surface area contributed by atoms with Crippen molar-refractivity contribution in [2.24, 2.45) is 5.92 Å². The summed E-state index contributed by atoms with van der Waals surface area (Å²) in [4.78, 5) is 36.2. The standard InChI is InChI=1S/C20H22F2N8O2/c1-28(2)20(32)11-3-5-29(6-4-11)16-13(22)8-24-9-14(16)26-19(31)15-17(23)27-30-10-12(21)7-25-18(15)30/h7-11H,3-6H2,1-2H3,(H2,23,27)(H,26,31). The number of nitrogens with two attached hydrogens (primary N) is 1. The Kier molecular flexibility index (Phi) is 5.59. The van der Waals surface area contributed by atoms with E-state index in [0.29, 0.717) is 25.9 Å². The second kappa shape index (κ2) is 8.36. The van der Waals surface area contributed by atoms with Crippen molar-refractivity contribution in [3.8, 4) is 0 Å². The second-order valence-corrected chi connectivity index (χ2v) is 7.77. The number of piperidine rings is 1. The van der Waals surface area contributed by atoms with Crippen molar-refractivity contribution in [1.29, 1.82) is 0 Å². The summed E-state index contributed by atoms with van der Waals surface area (Å²) in [7, 11) is 3.42. The molecular weight excluding hydrogens is 422 g/mol. The summed E-state index contributed by atoms with van der Waals surface area (Å²) in [5.74, 6) is -2.15. The number of amides is 2. The summed E-state index contributed by atoms with van der Waals surface area (Å²) in [5.41, 5.74) is 6.18. The molecule has 0 radical (unpaired) electrons. The molecule has 4 heterocycles. The summed E-state index contributed by atoms with van der Waals surface area (Å²) >= 11 is 0. The van der Waals surface area contributed by atoms with E-state index < -0.39 is 17.5 Å². The number of hydrogen-bond donors (Lipinski definition) is 2. The number of nitrogens with zero attached hydrogens (tertiary/aromatic N) is 6. The summed E-state index contributed by atoms with van der Waals surface area (Å²) in [5, 5.41) is 6.53. The van der Waals surface area contributed by atoms with E-state index in [9.17, 15) is 18.4 Å². The van der Waals surface area contributed by atoms with Crippen molar-refractivity contribution < 1.29 is 18.4 Å². The number of aromatic nitrogens is 4. The molecule has 1 fully saturated rings. The Labute approximate surface area is 182 Å². The highest BCUT2D eigenvalue weighted by molar-refractivity contribution is 6.12. The number of halogens is 2. The fourth-order valence-electron chi connectivity index (χ4n) is 3.89. The van der Waals surface area contributed by atoms with E-state index in [2.05, 4.69) is 20.4 Å². The molecule has 0 saturated carbocycles. The molecule has 0 unspecified atom stereocenters. The molecule has 2 amide bonds. The van der Waals surface area contributed by atoms with Crippen LogP contribution in [0, 0.1) is 17.6 Å². The van der Waals surface area contributed by atoms with Gasteiger partial charge >= 0.3 is 0 Å². The van der Waals surface area contributed by atoms with Gasteiger partial charge in [-0.15, -0.1) is 5.10 Å². The minimum Gasteiger partial charge on any atom is -0.381 e. The van der Waals surface area contributed by atoms with Crippen LogP contribution in [-0.2, 0) is 4.79 Å². The third-order valence-corrected chi connectivity index (χ3v) is 5.42. The van der Waals surface area contributed by atoms with E-state index >= 15 is 0 Å². The van der Waals surface area contributed by atoms with Gasteiger partial charge in [-0.05, 0) is 12.8 Å². The lowest BCUT2D eigenvalue weighted by Crippen LogP contribution is -2.40. The molecule has 0 aromatic carbocycles. The van der Waals surface area contributed by atoms with Crippen molar-refractivity contribution in [2.75, 3.05) is 43.1 Å². The predicted octanol–water partition coefficient (Wildman–Crippen LogP) is 1.54. The monoisotopic (exact) mass is 444 g/mol. The maximum Gasteiger partial charge on any atom is 0.263 e. The number of anilines is 3. The van der Waals surface area contributed by atoms with Crippen LogP contribution in [0.5, 0.6) is 0 Å². The number of nitrogen functional groups attached to an aromatic ring is 1. The lowest BCUT2D eigenvalue weighted by atomic mass is 9.95. The number of rotatable bonds is 4. The Balaban J connectivity index is 1.59. The fraction of sp³-hybridized carbons (Fsp3) is 0.350. The number of nitrogens with one attached hydrogen (secondary N) is 1. The van der Waals surface area contributed by atoms with Crippen LogP contribution in [0.2, 0.25) is 0 Å². The van der Waals surface area contributed by atoms with Crippen LogP contribution >= 0.6 is 0 Å². The number of carbonyl (C=O) groups is 2. The highest BCUT2D eigenvalue weighted by atomic mass is 19.1. The normalized spacial score (nSPS) is 14.6. The number of carbonyl (C=O) groups excluding carboxylic acids is 2. The van der Waals surface area contributed by atoms with Crippen molar-refractivity contribution in [3.05, 3.63) is 42.0 Å². The molecule has 1 aliphatic heterocycles. The minimum absolute atomic E-state index is 0.0425. The van der Waals surface area contributed by atoms with E-state index in [1.807, 2.05) is 0 Å². The van der Waals surface area contributed by atoms with Crippen LogP contribution in [0.1, 0.15) is 23.2 Å². The molecule has 1 aliphatic rings. The van der Waals surface area contributed by atoms with E-state index in [0.717, 1.165) is 23.1 Å². The number of fused-ring (bicyclic) bond motifs is 1. The van der Waals surface area contributed by atoms with Gasteiger partial charge in [0.15, 0.2) is 23.1 Å². The van der Waals surface area contributed by atoms with E-state index in [1.165, 1.54) is 6.20 Å². The average molecular weight is 444 g/mol. The quantitative estimate of drug-likeness (QED) is 0.626. The van der Waals surface area contributed by atoms with Gasteiger partial charge in [-0.25, -0.2) is 18.3 Å². The maximum atomic E-state index is 14.8. The minimum atomic E-state index is -0.678. The zero-order valence-electron chi connectivity index (χ0n) is 17.5. The molecule has 0 bridgehead atoms. The number of pyridine rings is 1. The lowest BCUT2D eigenvalue weighted by Gasteiger charge is -2.34. The highest BCUT2D eigenvalue weighted by Crippen LogP contribution is 2.33. The zero-order chi connectivity index (χ0) is 23.0. The Bertz CT molecular complexity index is 1190. The average Bonchev–Trinajstić information content (AvgIpc) is 3.08. The van der Waals surface area contributed by atoms with Crippen molar-refractivity contribution in [2.45, 2.75) is 12.8 Å². The summed E-state index contributed by atoms with van der Waals surface area (Å²) in [6.07, 6.45) is 5.51. The maximum absolute atomic E-state index is 14.8. The van der Waals surface area contributed by atoms with Crippen molar-refractivity contribution in [3.63, 3.8) is 0 Å². The first-order valence-corrected chi connectivity index (χ1v) is 9.96. The van der Waals surface area contributed by atoms with Gasteiger partial charge in [0.2, 0.25) is 5.91 Å². The Hall–Kier alpha value is -3.83. The molecule has 32 heavy (non-hydrogen) atoms. The third-order valence-electron chi connectivity index (χ3n) is 5.42. The SMILES string of the molecule is CN(C)C(=O)C1CCN(c2c(F)cncc2NC(=O)c2c(N)nn3cc(F)cnc23)CC1. The van der Waals surface area contributed by atoms with Crippen LogP contribution in [0.25, 0.3) is 5.65 Å². The largest absolute Gasteiger partial charge is 0.381 e. The second-order valence-electron chi connectivity index (χ2n) is 7.77. The van der Waals surface area contributed by atoms with Crippen molar-refractivity contribution >= 4 is 34.7 Å². The van der Waals surface area contributed by atoms with Crippen molar-refractivity contribution in [1.82, 2.24) is 24.5 Å². The smallest absolute Gasteiger partial charge is 0.263 e. The zero-order valence-corrected chi connectivity index (χ0v) is 17.5. The molecule has 10 nitrogen and oxygen atoms in total. The molecule has 3 N–H and O–H groups in total. The van der Waals surface area contributed by atoms with E-state index in [4.69, 9.17) is 5.73 Å². The lowest BCUT2D eigenvalue weighted by molar-refractivity contribution is -0.133. The molecule has 3 aromatic heterocycles. The first-order valence-electron chi connectivity index (χ1n) is 9.96. The molecule has 4 rings (SSSR count). The first kappa shape index (κ1) is 21.4. The van der Waals surface area contributed by atoms with Crippen LogP contribution in [0.3, 0.4) is 0 Å².